The van der Waals surface area contributed by atoms with E-state index in [0.717, 1.165) is 36.7 Å². The van der Waals surface area contributed by atoms with E-state index >= 15 is 0 Å². The summed E-state index contributed by atoms with van der Waals surface area (Å²) in [4.78, 5) is 14.6. The van der Waals surface area contributed by atoms with Crippen LogP contribution in [0.4, 0.5) is 0 Å². The second-order valence-corrected chi connectivity index (χ2v) is 6.32. The monoisotopic (exact) mass is 304 g/mol. The number of carbonyl (C=O) groups is 1. The molecule has 0 bridgehead atoms. The van der Waals surface area contributed by atoms with Gasteiger partial charge in [-0.05, 0) is 75.5 Å². The minimum Gasteiger partial charge on any atom is -0.496 e. The van der Waals surface area contributed by atoms with Crippen LogP contribution in [0.1, 0.15) is 42.1 Å². The first-order valence-corrected chi connectivity index (χ1v) is 8.25. The number of ether oxygens (including phenoxy) is 1. The lowest BCUT2D eigenvalue weighted by Crippen LogP contribution is -2.35. The summed E-state index contributed by atoms with van der Waals surface area (Å²) in [5, 5.41) is 3.01. The second kappa shape index (κ2) is 8.18. The fourth-order valence-corrected chi connectivity index (χ4v) is 2.91. The number of rotatable bonds is 6. The maximum Gasteiger partial charge on any atom is 0.251 e. The van der Waals surface area contributed by atoms with E-state index in [0.29, 0.717) is 5.56 Å². The molecule has 1 N–H and O–H groups in total. The third-order valence-corrected chi connectivity index (χ3v) is 4.47. The molecule has 1 amide bonds. The Labute approximate surface area is 133 Å². The van der Waals surface area contributed by atoms with Crippen LogP contribution in [0.3, 0.4) is 0 Å². The molecule has 1 saturated heterocycles. The van der Waals surface area contributed by atoms with Crippen molar-refractivity contribution in [1.82, 2.24) is 10.2 Å². The largest absolute Gasteiger partial charge is 0.496 e. The number of methoxy groups -OCH3 is 1. The van der Waals surface area contributed by atoms with Crippen molar-refractivity contribution < 1.29 is 9.53 Å². The van der Waals surface area contributed by atoms with Crippen LogP contribution in [0.15, 0.2) is 18.2 Å². The molecule has 1 aliphatic rings. The van der Waals surface area contributed by atoms with Gasteiger partial charge in [-0.15, -0.1) is 0 Å². The third kappa shape index (κ3) is 4.73. The van der Waals surface area contributed by atoms with Gasteiger partial charge in [0.1, 0.15) is 5.75 Å². The number of likely N-dealkylation sites (tertiary alicyclic amines) is 1. The van der Waals surface area contributed by atoms with Crippen molar-refractivity contribution in [2.45, 2.75) is 33.1 Å². The van der Waals surface area contributed by atoms with Crippen molar-refractivity contribution in [3.8, 4) is 5.75 Å². The van der Waals surface area contributed by atoms with E-state index < -0.39 is 0 Å². The average Bonchev–Trinajstić information content (AvgIpc) is 2.53. The van der Waals surface area contributed by atoms with Crippen molar-refractivity contribution in [2.24, 2.45) is 5.92 Å². The highest BCUT2D eigenvalue weighted by Crippen LogP contribution is 2.18. The molecule has 4 heteroatoms. The molecule has 0 aromatic heterocycles. The Bertz CT molecular complexity index is 494. The molecular formula is C18H28N2O2. The molecule has 1 fully saturated rings. The van der Waals surface area contributed by atoms with Crippen molar-refractivity contribution in [3.05, 3.63) is 29.3 Å². The molecule has 0 unspecified atom stereocenters. The SMILES string of the molecule is COc1ccc(C(=O)NCCCN2CCC(C)CC2)cc1C. The van der Waals surface area contributed by atoms with Gasteiger partial charge in [-0.25, -0.2) is 0 Å². The standard InChI is InChI=1S/C18H28N2O2/c1-14-7-11-20(12-8-14)10-4-9-19-18(21)16-5-6-17(22-3)15(2)13-16/h5-6,13-14H,4,7-12H2,1-3H3,(H,19,21). The number of nitrogens with one attached hydrogen (secondary N) is 1. The topological polar surface area (TPSA) is 41.6 Å². The molecule has 22 heavy (non-hydrogen) atoms. The predicted molar refractivity (Wildman–Crippen MR) is 89.5 cm³/mol. The predicted octanol–water partition coefficient (Wildman–Crippen LogP) is 2.86. The molecule has 1 aliphatic heterocycles. The van der Waals surface area contributed by atoms with Gasteiger partial charge in [-0.1, -0.05) is 6.92 Å². The summed E-state index contributed by atoms with van der Waals surface area (Å²) in [6, 6.07) is 5.53. The lowest BCUT2D eigenvalue weighted by Gasteiger charge is -2.30. The van der Waals surface area contributed by atoms with Crippen LogP contribution in [-0.4, -0.2) is 44.1 Å². The highest BCUT2D eigenvalue weighted by Gasteiger charge is 2.15. The van der Waals surface area contributed by atoms with Gasteiger partial charge in [-0.2, -0.15) is 0 Å². The summed E-state index contributed by atoms with van der Waals surface area (Å²) >= 11 is 0. The second-order valence-electron chi connectivity index (χ2n) is 6.32. The highest BCUT2D eigenvalue weighted by molar-refractivity contribution is 5.94. The van der Waals surface area contributed by atoms with Crippen LogP contribution in [0, 0.1) is 12.8 Å². The summed E-state index contributed by atoms with van der Waals surface area (Å²) in [5.74, 6) is 1.68. The van der Waals surface area contributed by atoms with E-state index in [1.54, 1.807) is 7.11 Å². The Morgan fingerprint density at radius 3 is 2.73 bits per heavy atom. The van der Waals surface area contributed by atoms with Crippen molar-refractivity contribution in [2.75, 3.05) is 33.3 Å². The number of piperidine rings is 1. The summed E-state index contributed by atoms with van der Waals surface area (Å²) < 4.78 is 5.22. The molecule has 1 aromatic carbocycles. The van der Waals surface area contributed by atoms with E-state index in [2.05, 4.69) is 17.1 Å². The molecule has 0 atom stereocenters. The number of hydrogen-bond acceptors (Lipinski definition) is 3. The van der Waals surface area contributed by atoms with Gasteiger partial charge in [0.2, 0.25) is 0 Å². The average molecular weight is 304 g/mol. The molecule has 1 aromatic rings. The number of aryl methyl sites for hydroxylation is 1. The Hall–Kier alpha value is -1.55. The van der Waals surface area contributed by atoms with Crippen molar-refractivity contribution in [1.29, 1.82) is 0 Å². The first-order chi connectivity index (χ1) is 10.6. The Morgan fingerprint density at radius 2 is 2.09 bits per heavy atom. The van der Waals surface area contributed by atoms with Crippen LogP contribution >= 0.6 is 0 Å². The minimum atomic E-state index is -0.00183. The van der Waals surface area contributed by atoms with Gasteiger partial charge in [-0.3, -0.25) is 4.79 Å². The van der Waals surface area contributed by atoms with Gasteiger partial charge in [0.15, 0.2) is 0 Å². The molecular weight excluding hydrogens is 276 g/mol. The normalized spacial score (nSPS) is 16.5. The summed E-state index contributed by atoms with van der Waals surface area (Å²) in [7, 11) is 1.64. The fraction of sp³-hybridized carbons (Fsp3) is 0.611. The van der Waals surface area contributed by atoms with Crippen molar-refractivity contribution in [3.63, 3.8) is 0 Å². The van der Waals surface area contributed by atoms with Gasteiger partial charge in [0, 0.05) is 12.1 Å². The zero-order valence-electron chi connectivity index (χ0n) is 14.0. The van der Waals surface area contributed by atoms with E-state index in [1.807, 2.05) is 25.1 Å². The first-order valence-electron chi connectivity index (χ1n) is 8.25. The lowest BCUT2D eigenvalue weighted by atomic mass is 9.99. The Balaban J connectivity index is 1.70. The first kappa shape index (κ1) is 16.8. The number of hydrogen-bond donors (Lipinski definition) is 1. The van der Waals surface area contributed by atoms with Crippen LogP contribution in [0.2, 0.25) is 0 Å². The molecule has 0 spiro atoms. The zero-order chi connectivity index (χ0) is 15.9. The summed E-state index contributed by atoms with van der Waals surface area (Å²) in [5.41, 5.74) is 1.68. The molecule has 0 radical (unpaired) electrons. The molecule has 1 heterocycles. The number of carbonyl (C=O) groups excluding carboxylic acids is 1. The molecule has 0 aliphatic carbocycles. The molecule has 122 valence electrons. The van der Waals surface area contributed by atoms with Gasteiger partial charge in [0.05, 0.1) is 7.11 Å². The number of amides is 1. The smallest absolute Gasteiger partial charge is 0.251 e. The van der Waals surface area contributed by atoms with E-state index in [4.69, 9.17) is 4.74 Å². The maximum absolute atomic E-state index is 12.1. The van der Waals surface area contributed by atoms with E-state index in [-0.39, 0.29) is 5.91 Å². The number of benzene rings is 1. The highest BCUT2D eigenvalue weighted by atomic mass is 16.5. The van der Waals surface area contributed by atoms with E-state index in [9.17, 15) is 4.79 Å². The van der Waals surface area contributed by atoms with Crippen LogP contribution in [-0.2, 0) is 0 Å². The quantitative estimate of drug-likeness (QED) is 0.822. The maximum atomic E-state index is 12.1. The number of nitrogens with zero attached hydrogens (tertiary/aromatic N) is 1. The van der Waals surface area contributed by atoms with Crippen molar-refractivity contribution >= 4 is 5.91 Å². The Morgan fingerprint density at radius 1 is 1.36 bits per heavy atom. The lowest BCUT2D eigenvalue weighted by molar-refractivity contribution is 0.0950. The van der Waals surface area contributed by atoms with Gasteiger partial charge < -0.3 is 15.0 Å². The third-order valence-electron chi connectivity index (χ3n) is 4.47. The Kier molecular flexibility index (Phi) is 6.25. The fourth-order valence-electron chi connectivity index (χ4n) is 2.91. The van der Waals surface area contributed by atoms with Crippen LogP contribution in [0.5, 0.6) is 5.75 Å². The van der Waals surface area contributed by atoms with Gasteiger partial charge >= 0.3 is 0 Å². The molecule has 2 rings (SSSR count). The molecule has 0 saturated carbocycles. The summed E-state index contributed by atoms with van der Waals surface area (Å²) in [6.07, 6.45) is 3.62. The van der Waals surface area contributed by atoms with Crippen LogP contribution in [0.25, 0.3) is 0 Å². The minimum absolute atomic E-state index is 0.00183. The summed E-state index contributed by atoms with van der Waals surface area (Å²) in [6.45, 7) is 8.49. The zero-order valence-corrected chi connectivity index (χ0v) is 14.0. The van der Waals surface area contributed by atoms with Crippen LogP contribution < -0.4 is 10.1 Å². The molecule has 4 nitrogen and oxygen atoms in total. The van der Waals surface area contributed by atoms with E-state index in [1.165, 1.54) is 25.9 Å². The van der Waals surface area contributed by atoms with Gasteiger partial charge in [0.25, 0.3) is 5.91 Å².